The van der Waals surface area contributed by atoms with E-state index in [0.717, 1.165) is 37.2 Å². The molecule has 1 saturated heterocycles. The number of hydrogen-bond donors (Lipinski definition) is 2. The Labute approximate surface area is 232 Å². The Hall–Kier alpha value is -3.66. The Morgan fingerprint density at radius 2 is 1.82 bits per heavy atom. The van der Waals surface area contributed by atoms with Gasteiger partial charge in [-0.3, -0.25) is 4.79 Å². The fourth-order valence-corrected chi connectivity index (χ4v) is 5.13. The predicted octanol–water partition coefficient (Wildman–Crippen LogP) is 4.97. The van der Waals surface area contributed by atoms with Gasteiger partial charge in [0.05, 0.1) is 0 Å². The van der Waals surface area contributed by atoms with Crippen LogP contribution in [0.15, 0.2) is 59.6 Å². The Morgan fingerprint density at radius 1 is 1.13 bits per heavy atom. The molecule has 1 fully saturated rings. The van der Waals surface area contributed by atoms with Crippen molar-refractivity contribution in [1.29, 1.82) is 0 Å². The molecule has 39 heavy (non-hydrogen) atoms. The van der Waals surface area contributed by atoms with E-state index in [0.29, 0.717) is 23.2 Å². The highest BCUT2D eigenvalue weighted by Gasteiger charge is 2.27. The average Bonchev–Trinajstić information content (AvgIpc) is 2.95. The molecule has 1 aliphatic heterocycles. The number of amides is 1. The fraction of sp³-hybridized carbons (Fsp3) is 0.379. The van der Waals surface area contributed by atoms with E-state index in [1.807, 2.05) is 36.6 Å². The van der Waals surface area contributed by atoms with Gasteiger partial charge in [0.25, 0.3) is 5.91 Å². The number of nitrogens with zero attached hydrogens (tertiary/aromatic N) is 3. The smallest absolute Gasteiger partial charge is 0.326 e. The van der Waals surface area contributed by atoms with Crippen molar-refractivity contribution in [1.82, 2.24) is 15.3 Å². The highest BCUT2D eigenvalue weighted by Crippen LogP contribution is 2.32. The molecule has 1 aromatic heterocycles. The van der Waals surface area contributed by atoms with Crippen LogP contribution in [0.4, 0.5) is 10.1 Å². The summed E-state index contributed by atoms with van der Waals surface area (Å²) in [5.41, 5.74) is 1.96. The molecule has 2 aromatic carbocycles. The minimum atomic E-state index is -1.11. The number of anilines is 1. The molecule has 3 aromatic rings. The Balaban J connectivity index is 1.54. The van der Waals surface area contributed by atoms with E-state index in [1.54, 1.807) is 19.1 Å². The van der Waals surface area contributed by atoms with Gasteiger partial charge in [0.2, 0.25) is 0 Å². The lowest BCUT2D eigenvalue weighted by Gasteiger charge is -2.33. The number of carboxylic acid groups (broad SMARTS) is 1. The van der Waals surface area contributed by atoms with Crippen LogP contribution in [-0.4, -0.2) is 52.3 Å². The number of carbonyl (C=O) groups excluding carboxylic acids is 1. The van der Waals surface area contributed by atoms with Crippen molar-refractivity contribution < 1.29 is 23.8 Å². The lowest BCUT2D eigenvalue weighted by molar-refractivity contribution is -0.139. The van der Waals surface area contributed by atoms with E-state index in [1.165, 1.54) is 23.9 Å². The number of carboxylic acids is 1. The number of thioether (sulfide) groups is 1. The highest BCUT2D eigenvalue weighted by atomic mass is 32.2. The molecule has 2 N–H and O–H groups in total. The third-order valence-corrected chi connectivity index (χ3v) is 7.47. The molecule has 0 bridgehead atoms. The number of ether oxygens (including phenoxy) is 1. The minimum Gasteiger partial charge on any atom is -0.484 e. The monoisotopic (exact) mass is 552 g/mol. The summed E-state index contributed by atoms with van der Waals surface area (Å²) in [6.45, 7) is 3.57. The lowest BCUT2D eigenvalue weighted by atomic mass is 9.93. The first-order valence-electron chi connectivity index (χ1n) is 13.0. The zero-order valence-corrected chi connectivity index (χ0v) is 22.9. The summed E-state index contributed by atoms with van der Waals surface area (Å²) in [7, 11) is 0. The van der Waals surface area contributed by atoms with Crippen molar-refractivity contribution in [3.8, 4) is 5.75 Å². The third kappa shape index (κ3) is 7.47. The van der Waals surface area contributed by atoms with Crippen molar-refractivity contribution in [3.63, 3.8) is 0 Å². The van der Waals surface area contributed by atoms with Gasteiger partial charge in [-0.25, -0.2) is 19.2 Å². The van der Waals surface area contributed by atoms with Gasteiger partial charge in [0.15, 0.2) is 11.4 Å². The zero-order chi connectivity index (χ0) is 27.8. The molecule has 8 nitrogen and oxygen atoms in total. The van der Waals surface area contributed by atoms with E-state index in [-0.39, 0.29) is 30.3 Å². The number of aromatic nitrogens is 2. The number of benzene rings is 2. The van der Waals surface area contributed by atoms with Crippen molar-refractivity contribution in [2.45, 2.75) is 50.3 Å². The summed E-state index contributed by atoms with van der Waals surface area (Å²) in [4.78, 5) is 36.5. The molecule has 4 rings (SSSR count). The first kappa shape index (κ1) is 28.4. The molecule has 2 heterocycles. The molecule has 0 saturated carbocycles. The molecule has 1 unspecified atom stereocenters. The van der Waals surface area contributed by atoms with Crippen LogP contribution in [0, 0.1) is 11.7 Å². The van der Waals surface area contributed by atoms with Crippen molar-refractivity contribution in [2.75, 3.05) is 24.2 Å². The fourth-order valence-electron chi connectivity index (χ4n) is 4.59. The molecule has 1 amide bonds. The molecule has 0 spiro atoms. The van der Waals surface area contributed by atoms with E-state index in [4.69, 9.17) is 9.72 Å². The molecular formula is C29H33FN4O4S. The van der Waals surface area contributed by atoms with Gasteiger partial charge >= 0.3 is 5.97 Å². The molecule has 0 radical (unpaired) electrons. The normalized spacial score (nSPS) is 14.6. The maximum Gasteiger partial charge on any atom is 0.326 e. The highest BCUT2D eigenvalue weighted by molar-refractivity contribution is 7.98. The summed E-state index contributed by atoms with van der Waals surface area (Å²) in [6, 6.07) is 15.1. The summed E-state index contributed by atoms with van der Waals surface area (Å²) in [6.07, 6.45) is 4.48. The molecular weight excluding hydrogens is 519 g/mol. The first-order valence-corrected chi connectivity index (χ1v) is 14.3. The second kappa shape index (κ2) is 13.4. The van der Waals surface area contributed by atoms with Crippen LogP contribution in [0.2, 0.25) is 0 Å². The third-order valence-electron chi connectivity index (χ3n) is 6.80. The number of aliphatic carboxylic acids is 1. The van der Waals surface area contributed by atoms with Gasteiger partial charge in [-0.15, -0.1) is 11.8 Å². The van der Waals surface area contributed by atoms with Gasteiger partial charge in [-0.1, -0.05) is 37.3 Å². The van der Waals surface area contributed by atoms with E-state index in [2.05, 4.69) is 15.2 Å². The maximum absolute atomic E-state index is 13.3. The number of carbonyl (C=O) groups is 2. The van der Waals surface area contributed by atoms with Crippen molar-refractivity contribution in [3.05, 3.63) is 77.5 Å². The van der Waals surface area contributed by atoms with Crippen molar-refractivity contribution in [2.24, 2.45) is 5.92 Å². The molecule has 1 aliphatic rings. The topological polar surface area (TPSA) is 105 Å². The van der Waals surface area contributed by atoms with E-state index >= 15 is 0 Å². The lowest BCUT2D eigenvalue weighted by Crippen LogP contribution is -2.41. The SMILES string of the molecule is CCC(NC(=O)c1nc(CC2CCN(c3ccc(F)cc3)CC2)nc(SC)c1OCc1ccccc1)C(=O)O. The Bertz CT molecular complexity index is 1270. The van der Waals surface area contributed by atoms with E-state index in [9.17, 15) is 19.1 Å². The number of halogens is 1. The van der Waals surface area contributed by atoms with Crippen molar-refractivity contribution >= 4 is 29.3 Å². The van der Waals surface area contributed by atoms with Crippen LogP contribution >= 0.6 is 11.8 Å². The Morgan fingerprint density at radius 3 is 2.44 bits per heavy atom. The second-order valence-corrected chi connectivity index (χ2v) is 10.3. The summed E-state index contributed by atoms with van der Waals surface area (Å²) in [5.74, 6) is -0.868. The van der Waals surface area contributed by atoms with Crippen LogP contribution in [0.25, 0.3) is 0 Å². The maximum atomic E-state index is 13.3. The summed E-state index contributed by atoms with van der Waals surface area (Å²) in [5, 5.41) is 12.6. The number of nitrogens with one attached hydrogen (secondary N) is 1. The standard InChI is InChI=1S/C29H33FN4O4S/c1-3-23(29(36)37)31-27(35)25-26(38-18-20-7-5-4-6-8-20)28(39-2)33-24(32-25)17-19-13-15-34(16-14-19)22-11-9-21(30)10-12-22/h4-12,19,23H,3,13-18H2,1-2H3,(H,31,35)(H,36,37). The number of hydrogen-bond acceptors (Lipinski definition) is 7. The van der Waals surface area contributed by atoms with E-state index < -0.39 is 17.9 Å². The van der Waals surface area contributed by atoms with Gasteiger partial charge < -0.3 is 20.1 Å². The van der Waals surface area contributed by atoms with Gasteiger partial charge in [-0.05, 0) is 61.3 Å². The first-order chi connectivity index (χ1) is 18.9. The zero-order valence-electron chi connectivity index (χ0n) is 22.1. The van der Waals surface area contributed by atoms with Gasteiger partial charge in [-0.2, -0.15) is 0 Å². The number of rotatable bonds is 11. The number of piperidine rings is 1. The van der Waals surface area contributed by atoms with Crippen LogP contribution in [-0.2, 0) is 17.8 Å². The summed E-state index contributed by atoms with van der Waals surface area (Å²) < 4.78 is 19.4. The Kier molecular flexibility index (Phi) is 9.75. The predicted molar refractivity (Wildman–Crippen MR) is 149 cm³/mol. The van der Waals surface area contributed by atoms with Gasteiger partial charge in [0.1, 0.15) is 29.3 Å². The summed E-state index contributed by atoms with van der Waals surface area (Å²) >= 11 is 1.36. The van der Waals surface area contributed by atoms with Crippen LogP contribution in [0.3, 0.4) is 0 Å². The molecule has 206 valence electrons. The van der Waals surface area contributed by atoms with Crippen LogP contribution in [0.1, 0.15) is 48.1 Å². The van der Waals surface area contributed by atoms with Crippen LogP contribution in [0.5, 0.6) is 5.75 Å². The molecule has 1 atom stereocenters. The largest absolute Gasteiger partial charge is 0.484 e. The van der Waals surface area contributed by atoms with Gasteiger partial charge in [0, 0.05) is 25.2 Å². The molecule has 0 aliphatic carbocycles. The van der Waals surface area contributed by atoms with Crippen LogP contribution < -0.4 is 15.0 Å². The average molecular weight is 553 g/mol. The minimum absolute atomic E-state index is 0.0451. The quantitative estimate of drug-likeness (QED) is 0.254. The second-order valence-electron chi connectivity index (χ2n) is 9.48. The molecule has 10 heteroatoms.